The van der Waals surface area contributed by atoms with Crippen molar-refractivity contribution in [1.29, 1.82) is 0 Å². The Kier molecular flexibility index (Phi) is 6.91. The van der Waals surface area contributed by atoms with E-state index in [9.17, 15) is 0 Å². The van der Waals surface area contributed by atoms with E-state index in [1.54, 1.807) is 0 Å². The van der Waals surface area contributed by atoms with Crippen LogP contribution in [0.15, 0.2) is 24.4 Å². The van der Waals surface area contributed by atoms with Gasteiger partial charge < -0.3 is 10.4 Å². The van der Waals surface area contributed by atoms with Crippen molar-refractivity contribution in [3.8, 4) is 0 Å². The topological polar surface area (TPSA) is 45.1 Å². The van der Waals surface area contributed by atoms with Crippen LogP contribution in [0.2, 0.25) is 0 Å². The first-order valence-corrected chi connectivity index (χ1v) is 6.91. The molecule has 0 saturated heterocycles. The smallest absolute Gasteiger partial charge is 0.0573 e. The van der Waals surface area contributed by atoms with Crippen LogP contribution in [0.3, 0.4) is 0 Å². The van der Waals surface area contributed by atoms with Gasteiger partial charge in [-0.25, -0.2) is 0 Å². The van der Waals surface area contributed by atoms with E-state index in [0.29, 0.717) is 18.0 Å². The zero-order valence-electron chi connectivity index (χ0n) is 11.8. The summed E-state index contributed by atoms with van der Waals surface area (Å²) in [6.45, 7) is 6.91. The zero-order chi connectivity index (χ0) is 13.4. The predicted octanol–water partition coefficient (Wildman–Crippen LogP) is 2.92. The van der Waals surface area contributed by atoms with E-state index in [0.717, 1.165) is 25.0 Å². The molecule has 1 rings (SSSR count). The van der Waals surface area contributed by atoms with Crippen molar-refractivity contribution >= 4 is 0 Å². The van der Waals surface area contributed by atoms with Gasteiger partial charge in [0.1, 0.15) is 0 Å². The molecular weight excluding hydrogens is 224 g/mol. The molecule has 0 bridgehead atoms. The van der Waals surface area contributed by atoms with Crippen molar-refractivity contribution in [3.63, 3.8) is 0 Å². The van der Waals surface area contributed by atoms with E-state index in [2.05, 4.69) is 37.1 Å². The van der Waals surface area contributed by atoms with Gasteiger partial charge in [-0.15, -0.1) is 0 Å². The first-order valence-electron chi connectivity index (χ1n) is 6.91. The van der Waals surface area contributed by atoms with Crippen LogP contribution in [0.25, 0.3) is 0 Å². The van der Waals surface area contributed by atoms with Crippen molar-refractivity contribution in [2.45, 2.75) is 52.1 Å². The average molecular weight is 250 g/mol. The highest BCUT2D eigenvalue weighted by Gasteiger charge is 2.16. The van der Waals surface area contributed by atoms with Crippen LogP contribution in [0.4, 0.5) is 0 Å². The van der Waals surface area contributed by atoms with E-state index >= 15 is 0 Å². The van der Waals surface area contributed by atoms with E-state index in [1.807, 2.05) is 18.3 Å². The number of hydrogen-bond donors (Lipinski definition) is 2. The van der Waals surface area contributed by atoms with Gasteiger partial charge in [0.25, 0.3) is 0 Å². The molecule has 0 saturated carbocycles. The summed E-state index contributed by atoms with van der Waals surface area (Å²) in [6, 6.07) is 6.78. The van der Waals surface area contributed by atoms with Crippen LogP contribution in [0, 0.1) is 5.92 Å². The van der Waals surface area contributed by atoms with Crippen molar-refractivity contribution in [2.24, 2.45) is 5.92 Å². The minimum atomic E-state index is 0.268. The van der Waals surface area contributed by atoms with Crippen LogP contribution in [-0.4, -0.2) is 22.7 Å². The summed E-state index contributed by atoms with van der Waals surface area (Å²) in [7, 11) is 0. The summed E-state index contributed by atoms with van der Waals surface area (Å²) in [5.74, 6) is 0.634. The number of aliphatic hydroxyl groups is 1. The first-order chi connectivity index (χ1) is 8.63. The fourth-order valence-electron chi connectivity index (χ4n) is 2.15. The Hall–Kier alpha value is -0.930. The molecule has 0 fully saturated rings. The molecule has 3 heteroatoms. The summed E-state index contributed by atoms with van der Waals surface area (Å²) in [5.41, 5.74) is 1.11. The standard InChI is InChI=1S/C15H26N2O/c1-12(2)11-15(14-8-4-5-9-16-14)17-13(3)7-6-10-18/h4-5,8-9,12-13,15,17-18H,6-7,10-11H2,1-3H3. The Balaban J connectivity index is 2.61. The molecule has 0 radical (unpaired) electrons. The van der Waals surface area contributed by atoms with Gasteiger partial charge in [0.05, 0.1) is 5.69 Å². The molecule has 1 heterocycles. The molecule has 0 aliphatic heterocycles. The number of hydrogen-bond acceptors (Lipinski definition) is 3. The van der Waals surface area contributed by atoms with E-state index in [1.165, 1.54) is 0 Å². The van der Waals surface area contributed by atoms with Gasteiger partial charge in [-0.3, -0.25) is 4.98 Å². The van der Waals surface area contributed by atoms with Crippen LogP contribution >= 0.6 is 0 Å². The van der Waals surface area contributed by atoms with Crippen molar-refractivity contribution < 1.29 is 5.11 Å². The summed E-state index contributed by atoms with van der Waals surface area (Å²) < 4.78 is 0. The maximum absolute atomic E-state index is 8.87. The maximum atomic E-state index is 8.87. The van der Waals surface area contributed by atoms with Crippen LogP contribution in [0.1, 0.15) is 51.8 Å². The Morgan fingerprint density at radius 3 is 2.61 bits per heavy atom. The first kappa shape index (κ1) is 15.1. The maximum Gasteiger partial charge on any atom is 0.0573 e. The minimum Gasteiger partial charge on any atom is -0.396 e. The summed E-state index contributed by atoms with van der Waals surface area (Å²) >= 11 is 0. The lowest BCUT2D eigenvalue weighted by Crippen LogP contribution is -2.32. The van der Waals surface area contributed by atoms with Crippen molar-refractivity contribution in [2.75, 3.05) is 6.61 Å². The predicted molar refractivity (Wildman–Crippen MR) is 75.4 cm³/mol. The third-order valence-electron chi connectivity index (χ3n) is 3.03. The molecular formula is C15H26N2O. The third kappa shape index (κ3) is 5.61. The summed E-state index contributed by atoms with van der Waals surface area (Å²) in [6.07, 6.45) is 4.78. The molecule has 0 aliphatic carbocycles. The lowest BCUT2D eigenvalue weighted by atomic mass is 9.99. The molecule has 2 atom stereocenters. The second-order valence-corrected chi connectivity index (χ2v) is 5.37. The van der Waals surface area contributed by atoms with E-state index in [4.69, 9.17) is 5.11 Å². The van der Waals surface area contributed by atoms with Gasteiger partial charge in [-0.1, -0.05) is 19.9 Å². The minimum absolute atomic E-state index is 0.268. The Labute approximate surface area is 111 Å². The largest absolute Gasteiger partial charge is 0.396 e. The number of nitrogens with one attached hydrogen (secondary N) is 1. The number of pyridine rings is 1. The van der Waals surface area contributed by atoms with Crippen LogP contribution in [0.5, 0.6) is 0 Å². The number of nitrogens with zero attached hydrogens (tertiary/aromatic N) is 1. The third-order valence-corrected chi connectivity index (χ3v) is 3.03. The molecule has 102 valence electrons. The van der Waals surface area contributed by atoms with Gasteiger partial charge in [0, 0.05) is 24.9 Å². The second-order valence-electron chi connectivity index (χ2n) is 5.37. The molecule has 18 heavy (non-hydrogen) atoms. The van der Waals surface area contributed by atoms with Crippen LogP contribution < -0.4 is 5.32 Å². The van der Waals surface area contributed by atoms with Gasteiger partial charge in [0.2, 0.25) is 0 Å². The molecule has 2 unspecified atom stereocenters. The highest BCUT2D eigenvalue weighted by Crippen LogP contribution is 2.20. The number of aliphatic hydroxyl groups excluding tert-OH is 1. The lowest BCUT2D eigenvalue weighted by molar-refractivity contribution is 0.271. The highest BCUT2D eigenvalue weighted by atomic mass is 16.2. The monoisotopic (exact) mass is 250 g/mol. The second kappa shape index (κ2) is 8.22. The van der Waals surface area contributed by atoms with Crippen LogP contribution in [-0.2, 0) is 0 Å². The summed E-state index contributed by atoms with van der Waals surface area (Å²) in [5, 5.41) is 12.5. The van der Waals surface area contributed by atoms with Crippen molar-refractivity contribution in [3.05, 3.63) is 30.1 Å². The van der Waals surface area contributed by atoms with E-state index < -0.39 is 0 Å². The number of aromatic nitrogens is 1. The van der Waals surface area contributed by atoms with Gasteiger partial charge in [0.15, 0.2) is 0 Å². The zero-order valence-corrected chi connectivity index (χ0v) is 11.8. The van der Waals surface area contributed by atoms with Gasteiger partial charge >= 0.3 is 0 Å². The van der Waals surface area contributed by atoms with Gasteiger partial charge in [-0.2, -0.15) is 0 Å². The number of rotatable bonds is 8. The molecule has 0 aliphatic rings. The molecule has 1 aromatic heterocycles. The van der Waals surface area contributed by atoms with Crippen molar-refractivity contribution in [1.82, 2.24) is 10.3 Å². The van der Waals surface area contributed by atoms with E-state index in [-0.39, 0.29) is 6.61 Å². The molecule has 2 N–H and O–H groups in total. The Morgan fingerprint density at radius 2 is 2.06 bits per heavy atom. The van der Waals surface area contributed by atoms with Gasteiger partial charge in [-0.05, 0) is 44.2 Å². The normalized spacial score (nSPS) is 14.7. The Morgan fingerprint density at radius 1 is 1.28 bits per heavy atom. The fraction of sp³-hybridized carbons (Fsp3) is 0.667. The quantitative estimate of drug-likeness (QED) is 0.745. The SMILES string of the molecule is CC(C)CC(NC(C)CCCO)c1ccccn1. The lowest BCUT2D eigenvalue weighted by Gasteiger charge is -2.24. The molecule has 0 amide bonds. The summed E-state index contributed by atoms with van der Waals surface area (Å²) in [4.78, 5) is 4.45. The molecule has 3 nitrogen and oxygen atoms in total. The fourth-order valence-corrected chi connectivity index (χ4v) is 2.15. The molecule has 0 aromatic carbocycles. The average Bonchev–Trinajstić information content (AvgIpc) is 2.36. The molecule has 0 spiro atoms. The molecule has 1 aromatic rings. The Bertz CT molecular complexity index is 314. The highest BCUT2D eigenvalue weighted by molar-refractivity contribution is 5.09.